The van der Waals surface area contributed by atoms with Crippen LogP contribution in [0, 0.1) is 13.8 Å². The molecule has 0 aliphatic carbocycles. The summed E-state index contributed by atoms with van der Waals surface area (Å²) in [5, 5.41) is 7.84. The summed E-state index contributed by atoms with van der Waals surface area (Å²) in [6.45, 7) is 10.2. The number of aromatic nitrogens is 3. The Hall–Kier alpha value is -0.900. The van der Waals surface area contributed by atoms with Crippen LogP contribution < -0.4 is 5.32 Å². The first-order chi connectivity index (χ1) is 7.17. The van der Waals surface area contributed by atoms with Gasteiger partial charge in [0.25, 0.3) is 0 Å². The Morgan fingerprint density at radius 3 is 2.40 bits per heavy atom. The number of hydrogen-bond donors (Lipinski definition) is 1. The van der Waals surface area contributed by atoms with Crippen molar-refractivity contribution in [3.8, 4) is 0 Å². The van der Waals surface area contributed by atoms with Crippen LogP contribution in [0.3, 0.4) is 0 Å². The Kier molecular flexibility index (Phi) is 4.75. The Morgan fingerprint density at radius 1 is 1.27 bits per heavy atom. The van der Waals surface area contributed by atoms with E-state index in [-0.39, 0.29) is 0 Å². The van der Waals surface area contributed by atoms with Gasteiger partial charge < -0.3 is 5.32 Å². The third-order valence-corrected chi connectivity index (χ3v) is 2.70. The highest BCUT2D eigenvalue weighted by Gasteiger charge is 2.04. The van der Waals surface area contributed by atoms with Gasteiger partial charge in [0.05, 0.1) is 6.54 Å². The molecule has 0 aliphatic heterocycles. The zero-order valence-corrected chi connectivity index (χ0v) is 10.2. The van der Waals surface area contributed by atoms with E-state index in [1.165, 1.54) is 12.8 Å². The van der Waals surface area contributed by atoms with E-state index in [0.29, 0.717) is 6.04 Å². The van der Waals surface area contributed by atoms with E-state index in [9.17, 15) is 0 Å². The second kappa shape index (κ2) is 5.85. The molecule has 86 valence electrons. The molecule has 0 saturated carbocycles. The van der Waals surface area contributed by atoms with Crippen molar-refractivity contribution in [2.75, 3.05) is 6.54 Å². The highest BCUT2D eigenvalue weighted by Crippen LogP contribution is 1.97. The average molecular weight is 210 g/mol. The van der Waals surface area contributed by atoms with Crippen LogP contribution in [-0.4, -0.2) is 27.4 Å². The maximum absolute atomic E-state index is 4.32. The smallest absolute Gasteiger partial charge is 0.147 e. The predicted octanol–water partition coefficient (Wildman–Crippen LogP) is 1.67. The normalized spacial score (nSPS) is 11.3. The zero-order valence-electron chi connectivity index (χ0n) is 10.2. The van der Waals surface area contributed by atoms with Gasteiger partial charge in [-0.1, -0.05) is 13.8 Å². The first-order valence-electron chi connectivity index (χ1n) is 5.78. The summed E-state index contributed by atoms with van der Waals surface area (Å²) < 4.78 is 1.96. The second-order valence-electron chi connectivity index (χ2n) is 3.90. The first-order valence-corrected chi connectivity index (χ1v) is 5.78. The lowest BCUT2D eigenvalue weighted by Gasteiger charge is -2.14. The molecule has 15 heavy (non-hydrogen) atoms. The van der Waals surface area contributed by atoms with Crippen LogP contribution in [0.4, 0.5) is 0 Å². The number of hydrogen-bond acceptors (Lipinski definition) is 3. The van der Waals surface area contributed by atoms with Gasteiger partial charge in [-0.25, -0.2) is 9.67 Å². The molecule has 0 saturated heterocycles. The lowest BCUT2D eigenvalue weighted by molar-refractivity contribution is 0.450. The Balaban J connectivity index is 2.34. The highest BCUT2D eigenvalue weighted by molar-refractivity contribution is 4.87. The molecule has 0 radical (unpaired) electrons. The van der Waals surface area contributed by atoms with Crippen molar-refractivity contribution in [3.63, 3.8) is 0 Å². The minimum absolute atomic E-state index is 0.634. The standard InChI is InChI=1S/C11H22N4/c1-5-11(6-2)12-7-8-15-10(4)13-9(3)14-15/h11-12H,5-8H2,1-4H3. The zero-order chi connectivity index (χ0) is 11.3. The maximum Gasteiger partial charge on any atom is 0.147 e. The van der Waals surface area contributed by atoms with Crippen molar-refractivity contribution in [1.29, 1.82) is 0 Å². The van der Waals surface area contributed by atoms with Crippen LogP contribution in [0.25, 0.3) is 0 Å². The van der Waals surface area contributed by atoms with Crippen LogP contribution in [0.1, 0.15) is 38.3 Å². The molecular weight excluding hydrogens is 188 g/mol. The molecule has 0 atom stereocenters. The van der Waals surface area contributed by atoms with E-state index in [0.717, 1.165) is 24.7 Å². The molecule has 0 unspecified atom stereocenters. The van der Waals surface area contributed by atoms with Crippen molar-refractivity contribution in [1.82, 2.24) is 20.1 Å². The molecule has 1 rings (SSSR count). The van der Waals surface area contributed by atoms with E-state index >= 15 is 0 Å². The minimum Gasteiger partial charge on any atom is -0.312 e. The van der Waals surface area contributed by atoms with E-state index in [4.69, 9.17) is 0 Å². The largest absolute Gasteiger partial charge is 0.312 e. The SMILES string of the molecule is CCC(CC)NCCn1nc(C)nc1C. The fraction of sp³-hybridized carbons (Fsp3) is 0.818. The van der Waals surface area contributed by atoms with Gasteiger partial charge in [0, 0.05) is 12.6 Å². The molecule has 1 aromatic heterocycles. The average Bonchev–Trinajstić information content (AvgIpc) is 2.52. The molecule has 1 aromatic rings. The van der Waals surface area contributed by atoms with Crippen molar-refractivity contribution < 1.29 is 0 Å². The van der Waals surface area contributed by atoms with Gasteiger partial charge in [-0.3, -0.25) is 0 Å². The summed E-state index contributed by atoms with van der Waals surface area (Å²) in [6, 6.07) is 0.634. The van der Waals surface area contributed by atoms with Gasteiger partial charge in [0.2, 0.25) is 0 Å². The summed E-state index contributed by atoms with van der Waals surface area (Å²) in [4.78, 5) is 4.27. The predicted molar refractivity (Wildman–Crippen MR) is 61.9 cm³/mol. The maximum atomic E-state index is 4.32. The number of nitrogens with one attached hydrogen (secondary N) is 1. The lowest BCUT2D eigenvalue weighted by atomic mass is 10.2. The monoisotopic (exact) mass is 210 g/mol. The lowest BCUT2D eigenvalue weighted by Crippen LogP contribution is -2.31. The number of aryl methyl sites for hydroxylation is 2. The number of rotatable bonds is 6. The van der Waals surface area contributed by atoms with Crippen LogP contribution in [0.5, 0.6) is 0 Å². The molecule has 0 amide bonds. The van der Waals surface area contributed by atoms with Gasteiger partial charge >= 0.3 is 0 Å². The van der Waals surface area contributed by atoms with Crippen molar-refractivity contribution in [2.45, 2.75) is 53.1 Å². The molecule has 4 nitrogen and oxygen atoms in total. The molecule has 1 N–H and O–H groups in total. The van der Waals surface area contributed by atoms with Crippen LogP contribution in [0.2, 0.25) is 0 Å². The van der Waals surface area contributed by atoms with Crippen molar-refractivity contribution in [2.24, 2.45) is 0 Å². The molecule has 0 bridgehead atoms. The third kappa shape index (κ3) is 3.63. The summed E-state index contributed by atoms with van der Waals surface area (Å²) in [5.74, 6) is 1.86. The van der Waals surface area contributed by atoms with E-state index in [2.05, 4.69) is 29.2 Å². The Labute approximate surface area is 92.1 Å². The molecule has 0 fully saturated rings. The molecule has 0 aliphatic rings. The molecule has 4 heteroatoms. The summed E-state index contributed by atoms with van der Waals surface area (Å²) in [6.07, 6.45) is 2.37. The van der Waals surface area contributed by atoms with Gasteiger partial charge in [-0.2, -0.15) is 5.10 Å². The Morgan fingerprint density at radius 2 is 1.93 bits per heavy atom. The number of nitrogens with zero attached hydrogens (tertiary/aromatic N) is 3. The molecule has 1 heterocycles. The Bertz CT molecular complexity index is 289. The minimum atomic E-state index is 0.634. The van der Waals surface area contributed by atoms with Crippen molar-refractivity contribution in [3.05, 3.63) is 11.6 Å². The van der Waals surface area contributed by atoms with Gasteiger partial charge in [0.1, 0.15) is 11.6 Å². The van der Waals surface area contributed by atoms with Gasteiger partial charge in [-0.05, 0) is 26.7 Å². The van der Waals surface area contributed by atoms with Gasteiger partial charge in [-0.15, -0.1) is 0 Å². The highest BCUT2D eigenvalue weighted by atomic mass is 15.3. The quantitative estimate of drug-likeness (QED) is 0.776. The second-order valence-corrected chi connectivity index (χ2v) is 3.90. The first kappa shape index (κ1) is 12.2. The summed E-state index contributed by atoms with van der Waals surface area (Å²) in [5.41, 5.74) is 0. The van der Waals surface area contributed by atoms with Crippen LogP contribution >= 0.6 is 0 Å². The fourth-order valence-corrected chi connectivity index (χ4v) is 1.73. The van der Waals surface area contributed by atoms with E-state index in [1.807, 2.05) is 18.5 Å². The van der Waals surface area contributed by atoms with E-state index < -0.39 is 0 Å². The topological polar surface area (TPSA) is 42.7 Å². The van der Waals surface area contributed by atoms with E-state index in [1.54, 1.807) is 0 Å². The van der Waals surface area contributed by atoms with Gasteiger partial charge in [0.15, 0.2) is 0 Å². The molecule has 0 spiro atoms. The molecular formula is C11H22N4. The third-order valence-electron chi connectivity index (χ3n) is 2.70. The summed E-state index contributed by atoms with van der Waals surface area (Å²) >= 11 is 0. The van der Waals surface area contributed by atoms with Crippen molar-refractivity contribution >= 4 is 0 Å². The van der Waals surface area contributed by atoms with Crippen LogP contribution in [0.15, 0.2) is 0 Å². The fourth-order valence-electron chi connectivity index (χ4n) is 1.73. The summed E-state index contributed by atoms with van der Waals surface area (Å²) in [7, 11) is 0. The van der Waals surface area contributed by atoms with Crippen LogP contribution in [-0.2, 0) is 6.54 Å². The molecule has 0 aromatic carbocycles.